The fourth-order valence-corrected chi connectivity index (χ4v) is 2.49. The van der Waals surface area contributed by atoms with Gasteiger partial charge in [-0.1, -0.05) is 17.7 Å². The molecule has 0 unspecified atom stereocenters. The lowest BCUT2D eigenvalue weighted by molar-refractivity contribution is 0.458. The van der Waals surface area contributed by atoms with Gasteiger partial charge in [0.15, 0.2) is 0 Å². The number of phenols is 2. The Hall–Kier alpha value is -1.96. The highest BCUT2D eigenvalue weighted by molar-refractivity contribution is 5.78. The monoisotopic (exact) mass is 242 g/mol. The minimum Gasteiger partial charge on any atom is -0.508 e. The number of rotatable bonds is 1. The van der Waals surface area contributed by atoms with Gasteiger partial charge in [-0.3, -0.25) is 0 Å². The highest BCUT2D eigenvalue weighted by atomic mass is 16.3. The Morgan fingerprint density at radius 1 is 0.667 bits per heavy atom. The van der Waals surface area contributed by atoms with Crippen molar-refractivity contribution in [3.8, 4) is 22.6 Å². The Bertz CT molecular complexity index is 590. The maximum Gasteiger partial charge on any atom is 0.123 e. The van der Waals surface area contributed by atoms with Crippen molar-refractivity contribution in [1.82, 2.24) is 0 Å². The Morgan fingerprint density at radius 3 is 1.78 bits per heavy atom. The van der Waals surface area contributed by atoms with Crippen molar-refractivity contribution in [2.45, 2.75) is 27.7 Å². The Balaban J connectivity index is 2.73. The average Bonchev–Trinajstić information content (AvgIpc) is 2.24. The van der Waals surface area contributed by atoms with E-state index >= 15 is 0 Å². The van der Waals surface area contributed by atoms with Crippen molar-refractivity contribution < 1.29 is 10.2 Å². The molecule has 0 spiro atoms. The van der Waals surface area contributed by atoms with Gasteiger partial charge in [-0.25, -0.2) is 0 Å². The first-order valence-electron chi connectivity index (χ1n) is 6.01. The third-order valence-electron chi connectivity index (χ3n) is 3.26. The van der Waals surface area contributed by atoms with Gasteiger partial charge in [0, 0.05) is 5.56 Å². The van der Waals surface area contributed by atoms with Crippen molar-refractivity contribution in [2.24, 2.45) is 0 Å². The van der Waals surface area contributed by atoms with E-state index in [4.69, 9.17) is 0 Å². The van der Waals surface area contributed by atoms with Crippen LogP contribution in [0.25, 0.3) is 11.1 Å². The molecule has 2 aromatic carbocycles. The van der Waals surface area contributed by atoms with Crippen LogP contribution in [0.2, 0.25) is 0 Å². The molecule has 2 aromatic rings. The van der Waals surface area contributed by atoms with E-state index in [1.807, 2.05) is 13.8 Å². The summed E-state index contributed by atoms with van der Waals surface area (Å²) in [5, 5.41) is 19.9. The minimum atomic E-state index is 0.209. The number of aromatic hydroxyl groups is 2. The SMILES string of the molecule is Cc1cc(C)c(-c2cc(O)c(C)cc2O)c(C)c1. The first-order valence-corrected chi connectivity index (χ1v) is 6.01. The number of benzene rings is 2. The maximum atomic E-state index is 10.1. The zero-order chi connectivity index (χ0) is 13.4. The van der Waals surface area contributed by atoms with Crippen LogP contribution in [0.1, 0.15) is 22.3 Å². The zero-order valence-electron chi connectivity index (χ0n) is 11.2. The molecule has 0 aromatic heterocycles. The highest BCUT2D eigenvalue weighted by Gasteiger charge is 2.13. The van der Waals surface area contributed by atoms with E-state index in [1.165, 1.54) is 5.56 Å². The van der Waals surface area contributed by atoms with Crippen LogP contribution in [0, 0.1) is 27.7 Å². The predicted molar refractivity (Wildman–Crippen MR) is 74.2 cm³/mol. The quantitative estimate of drug-likeness (QED) is 0.742. The third kappa shape index (κ3) is 2.06. The summed E-state index contributed by atoms with van der Waals surface area (Å²) in [6.45, 7) is 7.86. The summed E-state index contributed by atoms with van der Waals surface area (Å²) in [6, 6.07) is 7.40. The Morgan fingerprint density at radius 2 is 1.22 bits per heavy atom. The molecule has 0 atom stereocenters. The van der Waals surface area contributed by atoms with Crippen LogP contribution in [0.5, 0.6) is 11.5 Å². The van der Waals surface area contributed by atoms with Crippen LogP contribution in [-0.4, -0.2) is 10.2 Å². The summed E-state index contributed by atoms with van der Waals surface area (Å²) in [7, 11) is 0. The molecule has 0 radical (unpaired) electrons. The molecular formula is C16H18O2. The fraction of sp³-hybridized carbons (Fsp3) is 0.250. The Kier molecular flexibility index (Phi) is 3.04. The van der Waals surface area contributed by atoms with Gasteiger partial charge in [-0.2, -0.15) is 0 Å². The number of aryl methyl sites for hydroxylation is 4. The van der Waals surface area contributed by atoms with Gasteiger partial charge in [0.25, 0.3) is 0 Å². The van der Waals surface area contributed by atoms with E-state index in [1.54, 1.807) is 19.1 Å². The minimum absolute atomic E-state index is 0.209. The van der Waals surface area contributed by atoms with Crippen LogP contribution in [0.15, 0.2) is 24.3 Å². The lowest BCUT2D eigenvalue weighted by atomic mass is 9.92. The summed E-state index contributed by atoms with van der Waals surface area (Å²) >= 11 is 0. The smallest absolute Gasteiger partial charge is 0.123 e. The zero-order valence-corrected chi connectivity index (χ0v) is 11.2. The van der Waals surface area contributed by atoms with Crippen molar-refractivity contribution in [2.75, 3.05) is 0 Å². The largest absolute Gasteiger partial charge is 0.508 e. The second-order valence-electron chi connectivity index (χ2n) is 4.93. The molecule has 0 saturated carbocycles. The van der Waals surface area contributed by atoms with Crippen LogP contribution >= 0.6 is 0 Å². The lowest BCUT2D eigenvalue weighted by Crippen LogP contribution is -1.91. The van der Waals surface area contributed by atoms with E-state index in [9.17, 15) is 10.2 Å². The Labute approximate surface area is 108 Å². The second kappa shape index (κ2) is 4.37. The molecule has 0 aliphatic rings. The molecule has 2 N–H and O–H groups in total. The first kappa shape index (κ1) is 12.5. The van der Waals surface area contributed by atoms with E-state index in [-0.39, 0.29) is 11.5 Å². The first-order chi connectivity index (χ1) is 8.40. The summed E-state index contributed by atoms with van der Waals surface area (Å²) in [6.07, 6.45) is 0. The molecule has 0 saturated heterocycles. The van der Waals surface area contributed by atoms with Crippen LogP contribution < -0.4 is 0 Å². The molecule has 2 heteroatoms. The van der Waals surface area contributed by atoms with Crippen LogP contribution in [0.3, 0.4) is 0 Å². The van der Waals surface area contributed by atoms with E-state index in [0.717, 1.165) is 16.7 Å². The maximum absolute atomic E-state index is 10.1. The molecule has 2 nitrogen and oxygen atoms in total. The molecule has 94 valence electrons. The van der Waals surface area contributed by atoms with Gasteiger partial charge in [0.1, 0.15) is 11.5 Å². The molecule has 0 aliphatic heterocycles. The fourth-order valence-electron chi connectivity index (χ4n) is 2.49. The van der Waals surface area contributed by atoms with Crippen molar-refractivity contribution in [1.29, 1.82) is 0 Å². The molecule has 2 rings (SSSR count). The van der Waals surface area contributed by atoms with Gasteiger partial charge in [0.2, 0.25) is 0 Å². The summed E-state index contributed by atoms with van der Waals surface area (Å²) in [4.78, 5) is 0. The van der Waals surface area contributed by atoms with E-state index in [2.05, 4.69) is 19.1 Å². The highest BCUT2D eigenvalue weighted by Crippen LogP contribution is 2.38. The molecule has 0 aliphatic carbocycles. The predicted octanol–water partition coefficient (Wildman–Crippen LogP) is 4.00. The summed E-state index contributed by atoms with van der Waals surface area (Å²) in [5.41, 5.74) is 5.77. The summed E-state index contributed by atoms with van der Waals surface area (Å²) in [5.74, 6) is 0.419. The van der Waals surface area contributed by atoms with Crippen molar-refractivity contribution in [3.05, 3.63) is 46.5 Å². The molecular weight excluding hydrogens is 224 g/mol. The molecule has 18 heavy (non-hydrogen) atoms. The second-order valence-corrected chi connectivity index (χ2v) is 4.93. The third-order valence-corrected chi connectivity index (χ3v) is 3.26. The number of phenolic OH excluding ortho intramolecular Hbond substituents is 2. The molecule has 0 amide bonds. The normalized spacial score (nSPS) is 10.7. The standard InChI is InChI=1S/C16H18O2/c1-9-5-11(3)16(12(4)6-9)13-8-14(17)10(2)7-15(13)18/h5-8,17-18H,1-4H3. The molecule has 0 heterocycles. The van der Waals surface area contributed by atoms with E-state index in [0.29, 0.717) is 11.1 Å². The van der Waals surface area contributed by atoms with E-state index < -0.39 is 0 Å². The lowest BCUT2D eigenvalue weighted by Gasteiger charge is -2.14. The average molecular weight is 242 g/mol. The van der Waals surface area contributed by atoms with Crippen LogP contribution in [0.4, 0.5) is 0 Å². The molecule has 0 bridgehead atoms. The summed E-state index contributed by atoms with van der Waals surface area (Å²) < 4.78 is 0. The van der Waals surface area contributed by atoms with Gasteiger partial charge < -0.3 is 10.2 Å². The van der Waals surface area contributed by atoms with Crippen molar-refractivity contribution in [3.63, 3.8) is 0 Å². The number of hydrogen-bond acceptors (Lipinski definition) is 2. The van der Waals surface area contributed by atoms with Crippen LogP contribution in [-0.2, 0) is 0 Å². The topological polar surface area (TPSA) is 40.5 Å². The number of hydrogen-bond donors (Lipinski definition) is 2. The van der Waals surface area contributed by atoms with Gasteiger partial charge in [0.05, 0.1) is 0 Å². The van der Waals surface area contributed by atoms with Gasteiger partial charge in [-0.15, -0.1) is 0 Å². The van der Waals surface area contributed by atoms with Gasteiger partial charge >= 0.3 is 0 Å². The van der Waals surface area contributed by atoms with Crippen molar-refractivity contribution >= 4 is 0 Å². The van der Waals surface area contributed by atoms with Gasteiger partial charge in [-0.05, 0) is 62.1 Å². The molecule has 0 fully saturated rings.